The summed E-state index contributed by atoms with van der Waals surface area (Å²) in [7, 11) is 0. The standard InChI is InChI=1S/C20H27N5OS.HI/c1-3-21-19(23-12-11-22-18(26)17-15(2)25-14-27-17)24-13-20(9-10-20)16-7-5-4-6-8-16;/h4-8,14H,3,9-13H2,1-2H3,(H,22,26)(H2,21,23,24);1H. The molecule has 0 unspecified atom stereocenters. The molecule has 8 heteroatoms. The minimum Gasteiger partial charge on any atom is -0.357 e. The molecule has 0 radical (unpaired) electrons. The lowest BCUT2D eigenvalue weighted by molar-refractivity contribution is 0.0957. The van der Waals surface area contributed by atoms with Gasteiger partial charge in [0.1, 0.15) is 4.88 Å². The number of amides is 1. The minimum atomic E-state index is -0.0697. The molecule has 0 atom stereocenters. The molecule has 1 aliphatic rings. The zero-order chi connectivity index (χ0) is 19.1. The van der Waals surface area contributed by atoms with E-state index in [9.17, 15) is 4.79 Å². The summed E-state index contributed by atoms with van der Waals surface area (Å²) in [6.07, 6.45) is 2.37. The van der Waals surface area contributed by atoms with E-state index in [2.05, 4.69) is 58.2 Å². The number of hydrogen-bond donors (Lipinski definition) is 3. The van der Waals surface area contributed by atoms with Gasteiger partial charge in [0.15, 0.2) is 5.96 Å². The smallest absolute Gasteiger partial charge is 0.263 e. The van der Waals surface area contributed by atoms with E-state index in [1.807, 2.05) is 6.92 Å². The number of aliphatic imine (C=N–C) groups is 1. The lowest BCUT2D eigenvalue weighted by Gasteiger charge is -2.16. The zero-order valence-electron chi connectivity index (χ0n) is 16.3. The number of hydrogen-bond acceptors (Lipinski definition) is 4. The molecule has 28 heavy (non-hydrogen) atoms. The highest BCUT2D eigenvalue weighted by atomic mass is 127. The molecule has 1 amide bonds. The van der Waals surface area contributed by atoms with Gasteiger partial charge in [0.2, 0.25) is 0 Å². The maximum Gasteiger partial charge on any atom is 0.263 e. The molecular formula is C20H28IN5OS. The second-order valence-electron chi connectivity index (χ2n) is 6.79. The van der Waals surface area contributed by atoms with Crippen molar-refractivity contribution in [3.8, 4) is 0 Å². The minimum absolute atomic E-state index is 0. The summed E-state index contributed by atoms with van der Waals surface area (Å²) in [5, 5.41) is 9.50. The van der Waals surface area contributed by atoms with Crippen molar-refractivity contribution >= 4 is 47.2 Å². The Kier molecular flexibility index (Phi) is 8.68. The van der Waals surface area contributed by atoms with Crippen LogP contribution in [0.5, 0.6) is 0 Å². The van der Waals surface area contributed by atoms with Crippen molar-refractivity contribution in [1.29, 1.82) is 0 Å². The number of aryl methyl sites for hydroxylation is 1. The Morgan fingerprint density at radius 3 is 2.50 bits per heavy atom. The van der Waals surface area contributed by atoms with Crippen LogP contribution in [0, 0.1) is 6.92 Å². The van der Waals surface area contributed by atoms with Crippen LogP contribution < -0.4 is 16.0 Å². The van der Waals surface area contributed by atoms with Crippen molar-refractivity contribution in [1.82, 2.24) is 20.9 Å². The Balaban J connectivity index is 0.00000280. The van der Waals surface area contributed by atoms with Gasteiger partial charge in [-0.3, -0.25) is 9.79 Å². The number of guanidine groups is 1. The van der Waals surface area contributed by atoms with Gasteiger partial charge in [0, 0.05) is 25.0 Å². The van der Waals surface area contributed by atoms with Crippen LogP contribution in [0.2, 0.25) is 0 Å². The van der Waals surface area contributed by atoms with Crippen LogP contribution in [0.15, 0.2) is 40.8 Å². The molecule has 3 N–H and O–H groups in total. The second-order valence-corrected chi connectivity index (χ2v) is 7.65. The van der Waals surface area contributed by atoms with Crippen LogP contribution in [0.4, 0.5) is 0 Å². The number of thiazole rings is 1. The van der Waals surface area contributed by atoms with Gasteiger partial charge >= 0.3 is 0 Å². The van der Waals surface area contributed by atoms with Crippen molar-refractivity contribution in [3.05, 3.63) is 52.0 Å². The van der Waals surface area contributed by atoms with Gasteiger partial charge in [-0.1, -0.05) is 30.3 Å². The second kappa shape index (κ2) is 10.8. The van der Waals surface area contributed by atoms with Gasteiger partial charge in [-0.25, -0.2) is 4.98 Å². The van der Waals surface area contributed by atoms with Crippen molar-refractivity contribution in [2.45, 2.75) is 32.1 Å². The highest BCUT2D eigenvalue weighted by Crippen LogP contribution is 2.48. The number of nitrogens with one attached hydrogen (secondary N) is 3. The van der Waals surface area contributed by atoms with Gasteiger partial charge in [0.25, 0.3) is 5.91 Å². The topological polar surface area (TPSA) is 78.4 Å². The molecule has 1 fully saturated rings. The molecule has 3 rings (SSSR count). The normalized spacial score (nSPS) is 14.7. The quantitative estimate of drug-likeness (QED) is 0.220. The summed E-state index contributed by atoms with van der Waals surface area (Å²) in [6, 6.07) is 10.6. The summed E-state index contributed by atoms with van der Waals surface area (Å²) >= 11 is 1.37. The third-order valence-electron chi connectivity index (χ3n) is 4.78. The van der Waals surface area contributed by atoms with E-state index in [-0.39, 0.29) is 35.3 Å². The maximum atomic E-state index is 12.1. The summed E-state index contributed by atoms with van der Waals surface area (Å²) in [5.41, 5.74) is 4.04. The molecule has 0 aliphatic heterocycles. The largest absolute Gasteiger partial charge is 0.357 e. The SMILES string of the molecule is CCNC(=NCC1(c2ccccc2)CC1)NCCNC(=O)c1scnc1C.I. The third-order valence-corrected chi connectivity index (χ3v) is 5.71. The van der Waals surface area contributed by atoms with E-state index in [4.69, 9.17) is 4.99 Å². The molecule has 6 nitrogen and oxygen atoms in total. The van der Waals surface area contributed by atoms with E-state index in [1.54, 1.807) is 5.51 Å². The van der Waals surface area contributed by atoms with Gasteiger partial charge in [0.05, 0.1) is 17.7 Å². The Morgan fingerprint density at radius 1 is 1.18 bits per heavy atom. The van der Waals surface area contributed by atoms with E-state index < -0.39 is 0 Å². The van der Waals surface area contributed by atoms with E-state index in [1.165, 1.54) is 29.7 Å². The summed E-state index contributed by atoms with van der Waals surface area (Å²) in [5.74, 6) is 0.725. The lowest BCUT2D eigenvalue weighted by Crippen LogP contribution is -2.42. The van der Waals surface area contributed by atoms with E-state index in [0.717, 1.165) is 24.7 Å². The van der Waals surface area contributed by atoms with Crippen LogP contribution in [0.25, 0.3) is 0 Å². The molecule has 1 aromatic heterocycles. The number of halogens is 1. The number of benzene rings is 1. The first kappa shape index (κ1) is 22.6. The first-order valence-electron chi connectivity index (χ1n) is 9.40. The molecule has 1 aromatic carbocycles. The average molecular weight is 513 g/mol. The Bertz CT molecular complexity index is 789. The van der Waals surface area contributed by atoms with E-state index in [0.29, 0.717) is 18.0 Å². The van der Waals surface area contributed by atoms with Gasteiger partial charge < -0.3 is 16.0 Å². The van der Waals surface area contributed by atoms with Crippen LogP contribution in [0.1, 0.15) is 40.7 Å². The predicted molar refractivity (Wildman–Crippen MR) is 126 cm³/mol. The van der Waals surface area contributed by atoms with Crippen molar-refractivity contribution < 1.29 is 4.79 Å². The number of aromatic nitrogens is 1. The highest BCUT2D eigenvalue weighted by Gasteiger charge is 2.43. The van der Waals surface area contributed by atoms with Gasteiger partial charge in [-0.05, 0) is 32.3 Å². The fourth-order valence-corrected chi connectivity index (χ4v) is 3.73. The molecule has 1 heterocycles. The van der Waals surface area contributed by atoms with Crippen molar-refractivity contribution in [2.75, 3.05) is 26.2 Å². The van der Waals surface area contributed by atoms with E-state index >= 15 is 0 Å². The van der Waals surface area contributed by atoms with Crippen LogP contribution in [-0.2, 0) is 5.41 Å². The molecule has 1 aliphatic carbocycles. The molecule has 0 bridgehead atoms. The van der Waals surface area contributed by atoms with Crippen LogP contribution in [-0.4, -0.2) is 43.0 Å². The number of nitrogens with zero attached hydrogens (tertiary/aromatic N) is 2. The van der Waals surface area contributed by atoms with Gasteiger partial charge in [-0.2, -0.15) is 0 Å². The summed E-state index contributed by atoms with van der Waals surface area (Å²) in [4.78, 5) is 21.7. The molecule has 0 spiro atoms. The fraction of sp³-hybridized carbons (Fsp3) is 0.450. The van der Waals surface area contributed by atoms with Gasteiger partial charge in [-0.15, -0.1) is 35.3 Å². The molecule has 1 saturated carbocycles. The average Bonchev–Trinajstić information content (AvgIpc) is 3.36. The number of carbonyl (C=O) groups is 1. The molecule has 0 saturated heterocycles. The van der Waals surface area contributed by atoms with Crippen molar-refractivity contribution in [3.63, 3.8) is 0 Å². The Hall–Kier alpha value is -1.68. The molecule has 152 valence electrons. The first-order valence-corrected chi connectivity index (χ1v) is 10.3. The number of carbonyl (C=O) groups excluding carboxylic acids is 1. The summed E-state index contributed by atoms with van der Waals surface area (Å²) < 4.78 is 0. The third kappa shape index (κ3) is 5.91. The van der Waals surface area contributed by atoms with Crippen molar-refractivity contribution in [2.24, 2.45) is 4.99 Å². The molecule has 2 aromatic rings. The first-order chi connectivity index (χ1) is 13.1. The zero-order valence-corrected chi connectivity index (χ0v) is 19.5. The number of rotatable bonds is 8. The Labute approximate surface area is 187 Å². The molecular weight excluding hydrogens is 485 g/mol. The fourth-order valence-electron chi connectivity index (χ4n) is 3.01. The Morgan fingerprint density at radius 2 is 1.89 bits per heavy atom. The maximum absolute atomic E-state index is 12.1. The lowest BCUT2D eigenvalue weighted by atomic mass is 9.96. The highest BCUT2D eigenvalue weighted by molar-refractivity contribution is 14.0. The van der Waals surface area contributed by atoms with Crippen LogP contribution >= 0.6 is 35.3 Å². The predicted octanol–water partition coefficient (Wildman–Crippen LogP) is 3.09. The van der Waals surface area contributed by atoms with Crippen LogP contribution in [0.3, 0.4) is 0 Å². The monoisotopic (exact) mass is 513 g/mol. The summed E-state index contributed by atoms with van der Waals surface area (Å²) in [6.45, 7) is 6.63.